The van der Waals surface area contributed by atoms with Gasteiger partial charge in [-0.25, -0.2) is 4.39 Å². The summed E-state index contributed by atoms with van der Waals surface area (Å²) in [6, 6.07) is 12.7. The molecule has 0 bridgehead atoms. The molecule has 1 saturated heterocycles. The second-order valence-corrected chi connectivity index (χ2v) is 6.85. The van der Waals surface area contributed by atoms with E-state index in [-0.39, 0.29) is 11.6 Å². The molecule has 2 aromatic carbocycles. The molecule has 1 aliphatic heterocycles. The first-order valence-electron chi connectivity index (χ1n) is 8.65. The summed E-state index contributed by atoms with van der Waals surface area (Å²) in [6.45, 7) is 4.05. The standard InChI is InChI=1S/C20H21FN2O2S/c1-14-10-12-23(13-11-14)20(26)25-16-8-6-15(7-9-16)19(24)22-18-5-3-2-4-17(18)21/h2-9,14H,10-13H2,1H3,(H,22,24). The Balaban J connectivity index is 1.58. The van der Waals surface area contributed by atoms with Gasteiger partial charge < -0.3 is 15.0 Å². The zero-order valence-corrected chi connectivity index (χ0v) is 15.4. The minimum absolute atomic E-state index is 0.151. The van der Waals surface area contributed by atoms with Crippen LogP contribution in [0.25, 0.3) is 0 Å². The third-order valence-electron chi connectivity index (χ3n) is 4.49. The number of benzene rings is 2. The van der Waals surface area contributed by atoms with Gasteiger partial charge in [-0.3, -0.25) is 4.79 Å². The van der Waals surface area contributed by atoms with Crippen molar-refractivity contribution in [2.75, 3.05) is 18.4 Å². The maximum atomic E-state index is 13.6. The van der Waals surface area contributed by atoms with E-state index in [0.29, 0.717) is 16.5 Å². The summed E-state index contributed by atoms with van der Waals surface area (Å²) >= 11 is 5.36. The van der Waals surface area contributed by atoms with Crippen molar-refractivity contribution in [3.63, 3.8) is 0 Å². The molecule has 26 heavy (non-hydrogen) atoms. The molecule has 1 aliphatic rings. The van der Waals surface area contributed by atoms with Gasteiger partial charge in [-0.2, -0.15) is 0 Å². The van der Waals surface area contributed by atoms with Gasteiger partial charge in [0.15, 0.2) is 0 Å². The van der Waals surface area contributed by atoms with Crippen molar-refractivity contribution in [1.29, 1.82) is 0 Å². The van der Waals surface area contributed by atoms with Gasteiger partial charge in [0.2, 0.25) is 0 Å². The number of carbonyl (C=O) groups is 1. The van der Waals surface area contributed by atoms with Crippen molar-refractivity contribution in [3.8, 4) is 5.75 Å². The zero-order valence-electron chi connectivity index (χ0n) is 14.6. The smallest absolute Gasteiger partial charge is 0.264 e. The second-order valence-electron chi connectivity index (χ2n) is 6.50. The van der Waals surface area contributed by atoms with Crippen LogP contribution in [0.15, 0.2) is 48.5 Å². The first-order chi connectivity index (χ1) is 12.5. The number of ether oxygens (including phenoxy) is 1. The topological polar surface area (TPSA) is 41.6 Å². The largest absolute Gasteiger partial charge is 0.432 e. The predicted octanol–water partition coefficient (Wildman–Crippen LogP) is 4.47. The van der Waals surface area contributed by atoms with E-state index in [2.05, 4.69) is 17.1 Å². The minimum atomic E-state index is -0.470. The van der Waals surface area contributed by atoms with Crippen molar-refractivity contribution in [3.05, 3.63) is 59.9 Å². The Morgan fingerprint density at radius 1 is 1.15 bits per heavy atom. The van der Waals surface area contributed by atoms with Crippen LogP contribution in [0.1, 0.15) is 30.1 Å². The highest BCUT2D eigenvalue weighted by atomic mass is 32.1. The van der Waals surface area contributed by atoms with E-state index in [1.807, 2.05) is 0 Å². The minimum Gasteiger partial charge on any atom is -0.432 e. The number of amides is 1. The number of likely N-dealkylation sites (tertiary alicyclic amines) is 1. The van der Waals surface area contributed by atoms with Crippen LogP contribution in [0.3, 0.4) is 0 Å². The van der Waals surface area contributed by atoms with Gasteiger partial charge in [-0.15, -0.1) is 0 Å². The average Bonchev–Trinajstić information content (AvgIpc) is 2.64. The van der Waals surface area contributed by atoms with Gasteiger partial charge in [0.25, 0.3) is 11.1 Å². The molecule has 0 aliphatic carbocycles. The van der Waals surface area contributed by atoms with Gasteiger partial charge >= 0.3 is 0 Å². The Hall–Kier alpha value is -2.47. The van der Waals surface area contributed by atoms with E-state index in [1.54, 1.807) is 36.4 Å². The Morgan fingerprint density at radius 2 is 1.81 bits per heavy atom. The summed E-state index contributed by atoms with van der Waals surface area (Å²) in [5.41, 5.74) is 0.566. The number of carbonyl (C=O) groups excluding carboxylic acids is 1. The van der Waals surface area contributed by atoms with Crippen molar-refractivity contribution in [2.45, 2.75) is 19.8 Å². The Bertz CT molecular complexity index is 787. The number of anilines is 1. The van der Waals surface area contributed by atoms with E-state index in [0.717, 1.165) is 31.8 Å². The molecule has 0 saturated carbocycles. The lowest BCUT2D eigenvalue weighted by atomic mass is 10.00. The number of thiocarbonyl (C=S) groups is 1. The molecule has 1 fully saturated rings. The first-order valence-corrected chi connectivity index (χ1v) is 9.06. The van der Waals surface area contributed by atoms with Crippen molar-refractivity contribution >= 4 is 29.0 Å². The highest BCUT2D eigenvalue weighted by molar-refractivity contribution is 7.80. The van der Waals surface area contributed by atoms with Crippen LogP contribution in [0.5, 0.6) is 5.75 Å². The third kappa shape index (κ3) is 4.58. The lowest BCUT2D eigenvalue weighted by Gasteiger charge is -2.31. The zero-order chi connectivity index (χ0) is 18.5. The molecule has 0 aromatic heterocycles. The second kappa shape index (κ2) is 8.27. The molecule has 4 nitrogen and oxygen atoms in total. The fourth-order valence-electron chi connectivity index (χ4n) is 2.79. The fourth-order valence-corrected chi connectivity index (χ4v) is 3.07. The third-order valence-corrected chi connectivity index (χ3v) is 4.83. The van der Waals surface area contributed by atoms with Crippen LogP contribution in [0, 0.1) is 11.7 Å². The van der Waals surface area contributed by atoms with E-state index in [9.17, 15) is 9.18 Å². The quantitative estimate of drug-likeness (QED) is 0.807. The molecule has 1 N–H and O–H groups in total. The number of nitrogens with zero attached hydrogens (tertiary/aromatic N) is 1. The summed E-state index contributed by atoms with van der Waals surface area (Å²) < 4.78 is 19.3. The number of para-hydroxylation sites is 1. The van der Waals surface area contributed by atoms with Gasteiger partial charge in [0, 0.05) is 18.7 Å². The fraction of sp³-hybridized carbons (Fsp3) is 0.300. The lowest BCUT2D eigenvalue weighted by Crippen LogP contribution is -2.39. The highest BCUT2D eigenvalue weighted by Gasteiger charge is 2.19. The van der Waals surface area contributed by atoms with E-state index in [1.165, 1.54) is 12.1 Å². The number of hydrogen-bond donors (Lipinski definition) is 1. The van der Waals surface area contributed by atoms with Gasteiger partial charge in [-0.05, 0) is 67.4 Å². The van der Waals surface area contributed by atoms with Crippen LogP contribution >= 0.6 is 12.2 Å². The van der Waals surface area contributed by atoms with Crippen LogP contribution in [-0.2, 0) is 0 Å². The van der Waals surface area contributed by atoms with Gasteiger partial charge in [0.05, 0.1) is 5.69 Å². The summed E-state index contributed by atoms with van der Waals surface area (Å²) in [4.78, 5) is 14.3. The normalized spacial score (nSPS) is 14.8. The molecule has 0 atom stereocenters. The Kier molecular flexibility index (Phi) is 5.83. The number of nitrogens with one attached hydrogen (secondary N) is 1. The molecule has 0 radical (unpaired) electrons. The van der Waals surface area contributed by atoms with Crippen molar-refractivity contribution in [2.24, 2.45) is 5.92 Å². The summed E-state index contributed by atoms with van der Waals surface area (Å²) in [6.07, 6.45) is 2.22. The SMILES string of the molecule is CC1CCN(C(=S)Oc2ccc(C(=O)Nc3ccccc3F)cc2)CC1. The molecular weight excluding hydrogens is 351 g/mol. The van der Waals surface area contributed by atoms with E-state index < -0.39 is 5.82 Å². The van der Waals surface area contributed by atoms with Crippen LogP contribution in [-0.4, -0.2) is 29.1 Å². The summed E-state index contributed by atoms with van der Waals surface area (Å²) in [5.74, 6) is 0.452. The molecule has 0 unspecified atom stereocenters. The number of rotatable bonds is 3. The van der Waals surface area contributed by atoms with Crippen LogP contribution in [0.4, 0.5) is 10.1 Å². The Morgan fingerprint density at radius 3 is 2.46 bits per heavy atom. The van der Waals surface area contributed by atoms with Crippen LogP contribution in [0.2, 0.25) is 0 Å². The van der Waals surface area contributed by atoms with E-state index in [4.69, 9.17) is 17.0 Å². The molecular formula is C20H21FN2O2S. The highest BCUT2D eigenvalue weighted by Crippen LogP contribution is 2.20. The van der Waals surface area contributed by atoms with E-state index >= 15 is 0 Å². The predicted molar refractivity (Wildman–Crippen MR) is 104 cm³/mol. The molecule has 2 aromatic rings. The molecule has 1 heterocycles. The van der Waals surface area contributed by atoms with Gasteiger partial charge in [0.1, 0.15) is 11.6 Å². The van der Waals surface area contributed by atoms with Gasteiger partial charge in [-0.1, -0.05) is 19.1 Å². The first kappa shape index (κ1) is 18.3. The molecule has 1 amide bonds. The summed E-state index contributed by atoms with van der Waals surface area (Å²) in [5, 5.41) is 3.01. The maximum Gasteiger partial charge on any atom is 0.264 e. The number of piperidine rings is 1. The molecule has 3 rings (SSSR count). The van der Waals surface area contributed by atoms with Crippen molar-refractivity contribution in [1.82, 2.24) is 4.90 Å². The molecule has 6 heteroatoms. The maximum absolute atomic E-state index is 13.6. The average molecular weight is 372 g/mol. The number of hydrogen-bond acceptors (Lipinski definition) is 3. The lowest BCUT2D eigenvalue weighted by molar-refractivity contribution is 0.102. The summed E-state index contributed by atoms with van der Waals surface area (Å²) in [7, 11) is 0. The molecule has 136 valence electrons. The Labute approximate surface area is 158 Å². The van der Waals surface area contributed by atoms with Crippen molar-refractivity contribution < 1.29 is 13.9 Å². The monoisotopic (exact) mass is 372 g/mol. The van der Waals surface area contributed by atoms with Crippen LogP contribution < -0.4 is 10.1 Å². The number of halogens is 1. The molecule has 0 spiro atoms.